The Balaban J connectivity index is 1.68. The molecule has 0 bridgehead atoms. The molecule has 1 saturated heterocycles. The van der Waals surface area contributed by atoms with Gasteiger partial charge in [-0.05, 0) is 35.7 Å². The monoisotopic (exact) mass is 438 g/mol. The van der Waals surface area contributed by atoms with Gasteiger partial charge < -0.3 is 14.6 Å². The second kappa shape index (κ2) is 10.3. The summed E-state index contributed by atoms with van der Waals surface area (Å²) in [5, 5.41) is 9.56. The highest BCUT2D eigenvalue weighted by Crippen LogP contribution is 2.30. The first-order valence-corrected chi connectivity index (χ1v) is 10.3. The summed E-state index contributed by atoms with van der Waals surface area (Å²) in [7, 11) is 3.22. The van der Waals surface area contributed by atoms with Gasteiger partial charge in [-0.1, -0.05) is 18.2 Å². The summed E-state index contributed by atoms with van der Waals surface area (Å²) >= 11 is 0. The Kier molecular flexibility index (Phi) is 7.80. The number of piperazine rings is 1. The van der Waals surface area contributed by atoms with E-state index in [1.54, 1.807) is 20.3 Å². The summed E-state index contributed by atoms with van der Waals surface area (Å²) in [6.45, 7) is 3.35. The topological polar surface area (TPSA) is 45.2 Å². The maximum Gasteiger partial charge on any atom is 0.416 e. The van der Waals surface area contributed by atoms with Crippen LogP contribution in [-0.4, -0.2) is 61.4 Å². The van der Waals surface area contributed by atoms with Gasteiger partial charge in [0.25, 0.3) is 0 Å². The molecule has 2 aromatic carbocycles. The lowest BCUT2D eigenvalue weighted by Gasteiger charge is -2.41. The molecule has 1 atom stereocenters. The molecule has 0 spiro atoms. The molecular formula is C23H29F3N2O3. The third kappa shape index (κ3) is 6.35. The van der Waals surface area contributed by atoms with Crippen molar-refractivity contribution in [1.29, 1.82) is 0 Å². The molecule has 1 aliphatic rings. The molecule has 0 unspecified atom stereocenters. The van der Waals surface area contributed by atoms with E-state index in [1.165, 1.54) is 12.1 Å². The minimum absolute atomic E-state index is 0.0556. The van der Waals surface area contributed by atoms with Gasteiger partial charge in [-0.15, -0.1) is 0 Å². The van der Waals surface area contributed by atoms with Crippen molar-refractivity contribution >= 4 is 0 Å². The predicted molar refractivity (Wildman–Crippen MR) is 112 cm³/mol. The zero-order chi connectivity index (χ0) is 22.4. The maximum absolute atomic E-state index is 13.0. The SMILES string of the molecule is COc1cc(CN2CCN(Cc3cccc(C(F)(F)F)c3)C[C@H]2CCO)cc(OC)c1. The Morgan fingerprint density at radius 2 is 1.68 bits per heavy atom. The fraction of sp³-hybridized carbons (Fsp3) is 0.478. The minimum atomic E-state index is -4.34. The van der Waals surface area contributed by atoms with E-state index in [-0.39, 0.29) is 12.6 Å². The van der Waals surface area contributed by atoms with Crippen LogP contribution >= 0.6 is 0 Å². The van der Waals surface area contributed by atoms with Crippen LogP contribution in [0, 0.1) is 0 Å². The normalized spacial score (nSPS) is 18.2. The second-order valence-corrected chi connectivity index (χ2v) is 7.79. The first kappa shape index (κ1) is 23.4. The summed E-state index contributed by atoms with van der Waals surface area (Å²) in [4.78, 5) is 4.45. The fourth-order valence-electron chi connectivity index (χ4n) is 4.03. The molecule has 31 heavy (non-hydrogen) atoms. The molecular weight excluding hydrogens is 409 g/mol. The van der Waals surface area contributed by atoms with Crippen LogP contribution in [0.25, 0.3) is 0 Å². The van der Waals surface area contributed by atoms with E-state index in [0.29, 0.717) is 31.6 Å². The average molecular weight is 438 g/mol. The molecule has 170 valence electrons. The van der Waals surface area contributed by atoms with Crippen LogP contribution in [0.5, 0.6) is 11.5 Å². The van der Waals surface area contributed by atoms with Crippen molar-refractivity contribution in [2.24, 2.45) is 0 Å². The molecule has 0 aromatic heterocycles. The average Bonchev–Trinajstić information content (AvgIpc) is 2.75. The van der Waals surface area contributed by atoms with E-state index in [9.17, 15) is 18.3 Å². The third-order valence-corrected chi connectivity index (χ3v) is 5.61. The van der Waals surface area contributed by atoms with Gasteiger partial charge >= 0.3 is 6.18 Å². The van der Waals surface area contributed by atoms with Crippen molar-refractivity contribution in [2.45, 2.75) is 31.7 Å². The van der Waals surface area contributed by atoms with Crippen molar-refractivity contribution in [1.82, 2.24) is 9.80 Å². The van der Waals surface area contributed by atoms with E-state index in [1.807, 2.05) is 18.2 Å². The Hall–Kier alpha value is -2.29. The Morgan fingerprint density at radius 3 is 2.29 bits per heavy atom. The van der Waals surface area contributed by atoms with Crippen LogP contribution in [0.1, 0.15) is 23.1 Å². The molecule has 3 rings (SSSR count). The summed E-state index contributed by atoms with van der Waals surface area (Å²) in [6, 6.07) is 11.3. The lowest BCUT2D eigenvalue weighted by atomic mass is 10.0. The molecule has 1 N–H and O–H groups in total. The number of ether oxygens (including phenoxy) is 2. The molecule has 8 heteroatoms. The van der Waals surface area contributed by atoms with E-state index in [4.69, 9.17) is 9.47 Å². The molecule has 2 aromatic rings. The predicted octanol–water partition coefficient (Wildman–Crippen LogP) is 3.79. The summed E-state index contributed by atoms with van der Waals surface area (Å²) in [5.41, 5.74) is 1.07. The highest BCUT2D eigenvalue weighted by Gasteiger charge is 2.31. The molecule has 1 aliphatic heterocycles. The van der Waals surface area contributed by atoms with Crippen LogP contribution in [0.15, 0.2) is 42.5 Å². The number of benzene rings is 2. The largest absolute Gasteiger partial charge is 0.497 e. The second-order valence-electron chi connectivity index (χ2n) is 7.79. The molecule has 1 heterocycles. The number of methoxy groups -OCH3 is 2. The van der Waals surface area contributed by atoms with Crippen molar-refractivity contribution in [3.63, 3.8) is 0 Å². The summed E-state index contributed by atoms with van der Waals surface area (Å²) in [6.07, 6.45) is -3.74. The Bertz CT molecular complexity index is 838. The van der Waals surface area contributed by atoms with Gasteiger partial charge in [-0.3, -0.25) is 9.80 Å². The van der Waals surface area contributed by atoms with E-state index < -0.39 is 11.7 Å². The Morgan fingerprint density at radius 1 is 0.968 bits per heavy atom. The van der Waals surface area contributed by atoms with Gasteiger partial charge in [0.2, 0.25) is 0 Å². The van der Waals surface area contributed by atoms with E-state index in [2.05, 4.69) is 9.80 Å². The van der Waals surface area contributed by atoms with Gasteiger partial charge in [0.15, 0.2) is 0 Å². The van der Waals surface area contributed by atoms with Gasteiger partial charge in [-0.2, -0.15) is 13.2 Å². The van der Waals surface area contributed by atoms with Crippen LogP contribution in [0.2, 0.25) is 0 Å². The standard InChI is InChI=1S/C23H29F3N2O3/c1-30-21-11-18(12-22(13-21)31-2)15-28-8-7-27(16-20(28)6-9-29)14-17-4-3-5-19(10-17)23(24,25)26/h3-5,10-13,20,29H,6-9,14-16H2,1-2H3/t20-/m1/s1. The third-order valence-electron chi connectivity index (χ3n) is 5.61. The number of hydrogen-bond donors (Lipinski definition) is 1. The van der Waals surface area contributed by atoms with Gasteiger partial charge in [-0.25, -0.2) is 0 Å². The summed E-state index contributed by atoms with van der Waals surface area (Å²) in [5.74, 6) is 1.44. The minimum Gasteiger partial charge on any atom is -0.497 e. The number of aliphatic hydroxyl groups excluding tert-OH is 1. The zero-order valence-corrected chi connectivity index (χ0v) is 17.9. The number of alkyl halides is 3. The zero-order valence-electron chi connectivity index (χ0n) is 17.9. The smallest absolute Gasteiger partial charge is 0.416 e. The molecule has 0 amide bonds. The summed E-state index contributed by atoms with van der Waals surface area (Å²) < 4.78 is 49.7. The van der Waals surface area contributed by atoms with Crippen molar-refractivity contribution in [3.8, 4) is 11.5 Å². The number of aliphatic hydroxyl groups is 1. The first-order valence-electron chi connectivity index (χ1n) is 10.3. The number of rotatable bonds is 8. The quantitative estimate of drug-likeness (QED) is 0.680. The highest BCUT2D eigenvalue weighted by molar-refractivity contribution is 5.38. The van der Waals surface area contributed by atoms with Crippen LogP contribution in [0.4, 0.5) is 13.2 Å². The fourth-order valence-corrected chi connectivity index (χ4v) is 4.03. The van der Waals surface area contributed by atoms with Crippen molar-refractivity contribution in [3.05, 3.63) is 59.2 Å². The molecule has 0 aliphatic carbocycles. The molecule has 5 nitrogen and oxygen atoms in total. The van der Waals surface area contributed by atoms with E-state index >= 15 is 0 Å². The first-order chi connectivity index (χ1) is 14.8. The van der Waals surface area contributed by atoms with Crippen molar-refractivity contribution < 1.29 is 27.8 Å². The maximum atomic E-state index is 13.0. The molecule has 0 saturated carbocycles. The van der Waals surface area contributed by atoms with Crippen LogP contribution < -0.4 is 9.47 Å². The highest BCUT2D eigenvalue weighted by atomic mass is 19.4. The Labute approximate surface area is 181 Å². The number of hydrogen-bond acceptors (Lipinski definition) is 5. The van der Waals surface area contributed by atoms with Crippen LogP contribution in [-0.2, 0) is 19.3 Å². The van der Waals surface area contributed by atoms with Gasteiger partial charge in [0, 0.05) is 51.4 Å². The number of nitrogens with zero attached hydrogens (tertiary/aromatic N) is 2. The van der Waals surface area contributed by atoms with Crippen molar-refractivity contribution in [2.75, 3.05) is 40.5 Å². The lowest BCUT2D eigenvalue weighted by molar-refractivity contribution is -0.137. The van der Waals surface area contributed by atoms with E-state index in [0.717, 1.165) is 36.2 Å². The van der Waals surface area contributed by atoms with Crippen LogP contribution in [0.3, 0.4) is 0 Å². The van der Waals surface area contributed by atoms with Gasteiger partial charge in [0.1, 0.15) is 11.5 Å². The molecule has 0 radical (unpaired) electrons. The number of halogens is 3. The molecule has 1 fully saturated rings. The van der Waals surface area contributed by atoms with Gasteiger partial charge in [0.05, 0.1) is 19.8 Å². The lowest BCUT2D eigenvalue weighted by Crippen LogP contribution is -2.52.